The molecule has 0 saturated carbocycles. The van der Waals surface area contributed by atoms with Gasteiger partial charge in [0.2, 0.25) is 0 Å². The predicted octanol–water partition coefficient (Wildman–Crippen LogP) is 1.72. The minimum atomic E-state index is 0.491. The van der Waals surface area contributed by atoms with Crippen molar-refractivity contribution in [2.75, 3.05) is 26.2 Å². The predicted molar refractivity (Wildman–Crippen MR) is 63.3 cm³/mol. The zero-order valence-corrected chi connectivity index (χ0v) is 9.84. The topological polar surface area (TPSA) is 15.3 Å². The Morgan fingerprint density at radius 1 is 1.29 bits per heavy atom. The summed E-state index contributed by atoms with van der Waals surface area (Å²) in [5.41, 5.74) is 0. The lowest BCUT2D eigenvalue weighted by Crippen LogP contribution is -2.34. The van der Waals surface area contributed by atoms with Crippen LogP contribution in [0.4, 0.5) is 0 Å². The molecule has 0 heterocycles. The highest BCUT2D eigenvalue weighted by Gasteiger charge is 2.07. The van der Waals surface area contributed by atoms with Crippen LogP contribution in [-0.4, -0.2) is 37.1 Å². The first kappa shape index (κ1) is 13.5. The van der Waals surface area contributed by atoms with Crippen LogP contribution in [0.3, 0.4) is 0 Å². The van der Waals surface area contributed by atoms with Crippen molar-refractivity contribution in [3.05, 3.63) is 0 Å². The summed E-state index contributed by atoms with van der Waals surface area (Å²) in [5.74, 6) is 2.73. The number of nitrogens with one attached hydrogen (secondary N) is 1. The molecule has 1 N–H and O–H groups in total. The van der Waals surface area contributed by atoms with Gasteiger partial charge in [-0.1, -0.05) is 20.8 Å². The van der Waals surface area contributed by atoms with Crippen LogP contribution in [0.5, 0.6) is 0 Å². The van der Waals surface area contributed by atoms with Crippen LogP contribution >= 0.6 is 0 Å². The molecule has 0 aromatic rings. The van der Waals surface area contributed by atoms with E-state index < -0.39 is 0 Å². The summed E-state index contributed by atoms with van der Waals surface area (Å²) in [7, 11) is 0. The van der Waals surface area contributed by atoms with Gasteiger partial charge in [0.1, 0.15) is 0 Å². The second kappa shape index (κ2) is 9.05. The van der Waals surface area contributed by atoms with Gasteiger partial charge in [0.25, 0.3) is 0 Å². The Balaban J connectivity index is 3.74. The lowest BCUT2D eigenvalue weighted by molar-refractivity contribution is 0.282. The lowest BCUT2D eigenvalue weighted by Gasteiger charge is -2.22. The smallest absolute Gasteiger partial charge is 0.0241 e. The molecule has 1 unspecified atom stereocenters. The summed E-state index contributed by atoms with van der Waals surface area (Å²) in [6.07, 6.45) is 7.32. The molecule has 0 aliphatic carbocycles. The molecular weight excluding hydrogens is 172 g/mol. The fourth-order valence-electron chi connectivity index (χ4n) is 1.59. The maximum Gasteiger partial charge on any atom is 0.0241 e. The van der Waals surface area contributed by atoms with Gasteiger partial charge in [-0.2, -0.15) is 0 Å². The number of rotatable bonds is 8. The largest absolute Gasteiger partial charge is 0.313 e. The van der Waals surface area contributed by atoms with E-state index in [9.17, 15) is 0 Å². The van der Waals surface area contributed by atoms with Gasteiger partial charge in [-0.25, -0.2) is 0 Å². The SMILES string of the molecule is C#CCC(CCN(CC)CC)NCC. The number of hydrogen-bond donors (Lipinski definition) is 1. The van der Waals surface area contributed by atoms with Crippen molar-refractivity contribution < 1.29 is 0 Å². The summed E-state index contributed by atoms with van der Waals surface area (Å²) in [6.45, 7) is 10.9. The van der Waals surface area contributed by atoms with Crippen LogP contribution in [0.25, 0.3) is 0 Å². The number of terminal acetylenes is 1. The highest BCUT2D eigenvalue weighted by molar-refractivity contribution is 4.89. The summed E-state index contributed by atoms with van der Waals surface area (Å²) in [6, 6.07) is 0.491. The Hall–Kier alpha value is -0.520. The normalized spacial score (nSPS) is 12.8. The van der Waals surface area contributed by atoms with E-state index in [-0.39, 0.29) is 0 Å². The second-order valence-corrected chi connectivity index (χ2v) is 3.48. The summed E-state index contributed by atoms with van der Waals surface area (Å²) < 4.78 is 0. The van der Waals surface area contributed by atoms with Gasteiger partial charge in [-0.05, 0) is 32.6 Å². The summed E-state index contributed by atoms with van der Waals surface area (Å²) in [5, 5.41) is 3.42. The van der Waals surface area contributed by atoms with Gasteiger partial charge in [0, 0.05) is 12.5 Å². The first-order valence-corrected chi connectivity index (χ1v) is 5.67. The Bertz CT molecular complexity index is 156. The van der Waals surface area contributed by atoms with Crippen molar-refractivity contribution in [2.24, 2.45) is 0 Å². The minimum Gasteiger partial charge on any atom is -0.313 e. The molecule has 0 amide bonds. The zero-order valence-electron chi connectivity index (χ0n) is 9.84. The van der Waals surface area contributed by atoms with Crippen LogP contribution in [0, 0.1) is 12.3 Å². The highest BCUT2D eigenvalue weighted by Crippen LogP contribution is 2.00. The van der Waals surface area contributed by atoms with Crippen LogP contribution in [-0.2, 0) is 0 Å². The van der Waals surface area contributed by atoms with E-state index >= 15 is 0 Å². The molecule has 0 aromatic carbocycles. The Morgan fingerprint density at radius 2 is 1.93 bits per heavy atom. The molecule has 0 spiro atoms. The molecule has 0 rings (SSSR count). The fourth-order valence-corrected chi connectivity index (χ4v) is 1.59. The van der Waals surface area contributed by atoms with Gasteiger partial charge < -0.3 is 10.2 Å². The average molecular weight is 196 g/mol. The molecule has 0 saturated heterocycles. The standard InChI is InChI=1S/C12H24N2/c1-5-9-12(13-6-2)10-11-14(7-3)8-4/h1,12-13H,6-11H2,2-4H3. The van der Waals surface area contributed by atoms with Crippen LogP contribution < -0.4 is 5.32 Å². The van der Waals surface area contributed by atoms with Crippen LogP contribution in [0.15, 0.2) is 0 Å². The Labute approximate surface area is 89.1 Å². The van der Waals surface area contributed by atoms with Gasteiger partial charge in [-0.3, -0.25) is 0 Å². The van der Waals surface area contributed by atoms with Gasteiger partial charge >= 0.3 is 0 Å². The van der Waals surface area contributed by atoms with Crippen molar-refractivity contribution in [1.29, 1.82) is 0 Å². The minimum absolute atomic E-state index is 0.491. The van der Waals surface area contributed by atoms with E-state index in [1.54, 1.807) is 0 Å². The molecule has 14 heavy (non-hydrogen) atoms. The molecule has 82 valence electrons. The number of nitrogens with zero attached hydrogens (tertiary/aromatic N) is 1. The highest BCUT2D eigenvalue weighted by atomic mass is 15.1. The van der Waals surface area contributed by atoms with Gasteiger partial charge in [0.05, 0.1) is 0 Å². The quantitative estimate of drug-likeness (QED) is 0.595. The van der Waals surface area contributed by atoms with Crippen LogP contribution in [0.1, 0.15) is 33.6 Å². The third-order valence-corrected chi connectivity index (χ3v) is 2.55. The Morgan fingerprint density at radius 3 is 2.36 bits per heavy atom. The van der Waals surface area contributed by atoms with E-state index in [1.807, 2.05) is 0 Å². The first-order chi connectivity index (χ1) is 6.78. The summed E-state index contributed by atoms with van der Waals surface area (Å²) >= 11 is 0. The van der Waals surface area contributed by atoms with Crippen molar-refractivity contribution in [2.45, 2.75) is 39.7 Å². The average Bonchev–Trinajstić information content (AvgIpc) is 2.20. The first-order valence-electron chi connectivity index (χ1n) is 5.67. The van der Waals surface area contributed by atoms with E-state index in [1.165, 1.54) is 0 Å². The third kappa shape index (κ3) is 6.01. The molecular formula is C12H24N2. The zero-order chi connectivity index (χ0) is 10.8. The van der Waals surface area contributed by atoms with Crippen molar-refractivity contribution in [1.82, 2.24) is 10.2 Å². The molecule has 0 aliphatic heterocycles. The van der Waals surface area contributed by atoms with Gasteiger partial charge in [0.15, 0.2) is 0 Å². The van der Waals surface area contributed by atoms with Crippen molar-refractivity contribution >= 4 is 0 Å². The monoisotopic (exact) mass is 196 g/mol. The second-order valence-electron chi connectivity index (χ2n) is 3.48. The molecule has 0 bridgehead atoms. The third-order valence-electron chi connectivity index (χ3n) is 2.55. The molecule has 0 fully saturated rings. The maximum atomic E-state index is 5.33. The van der Waals surface area contributed by atoms with E-state index in [0.29, 0.717) is 6.04 Å². The maximum absolute atomic E-state index is 5.33. The van der Waals surface area contributed by atoms with Crippen molar-refractivity contribution in [3.8, 4) is 12.3 Å². The van der Waals surface area contributed by atoms with Gasteiger partial charge in [-0.15, -0.1) is 12.3 Å². The van der Waals surface area contributed by atoms with E-state index in [0.717, 1.165) is 39.0 Å². The summed E-state index contributed by atoms with van der Waals surface area (Å²) in [4.78, 5) is 2.43. The molecule has 1 atom stereocenters. The van der Waals surface area contributed by atoms with Crippen molar-refractivity contribution in [3.63, 3.8) is 0 Å². The Kier molecular flexibility index (Phi) is 8.72. The molecule has 0 aliphatic rings. The number of hydrogen-bond acceptors (Lipinski definition) is 2. The van der Waals surface area contributed by atoms with E-state index in [2.05, 4.69) is 36.9 Å². The molecule has 2 nitrogen and oxygen atoms in total. The molecule has 0 aromatic heterocycles. The molecule has 2 heteroatoms. The van der Waals surface area contributed by atoms with E-state index in [4.69, 9.17) is 6.42 Å². The molecule has 0 radical (unpaired) electrons. The fraction of sp³-hybridized carbons (Fsp3) is 0.833. The van der Waals surface area contributed by atoms with Crippen LogP contribution in [0.2, 0.25) is 0 Å². The lowest BCUT2D eigenvalue weighted by atomic mass is 10.1.